The van der Waals surface area contributed by atoms with Crippen LogP contribution in [0.1, 0.15) is 0 Å². The van der Waals surface area contributed by atoms with Gasteiger partial charge in [0, 0.05) is 25.5 Å². The van der Waals surface area contributed by atoms with E-state index in [9.17, 15) is 10.1 Å². The molecule has 0 aliphatic carbocycles. The largest absolute Gasteiger partial charge is 0.373 e. The molecule has 2 heterocycles. The van der Waals surface area contributed by atoms with Crippen LogP contribution in [0.2, 0.25) is 0 Å². The number of rotatable bonds is 4. The summed E-state index contributed by atoms with van der Waals surface area (Å²) in [5.74, 6) is 0.433. The summed E-state index contributed by atoms with van der Waals surface area (Å²) in [6.07, 6.45) is 3.21. The summed E-state index contributed by atoms with van der Waals surface area (Å²) < 4.78 is 0. The average molecular weight is 263 g/mol. The van der Waals surface area contributed by atoms with Gasteiger partial charge in [-0.05, 0) is 17.8 Å². The van der Waals surface area contributed by atoms with E-state index in [1.54, 1.807) is 25.5 Å². The van der Waals surface area contributed by atoms with Crippen LogP contribution >= 0.6 is 11.8 Å². The lowest BCUT2D eigenvalue weighted by atomic mass is 10.4. The first-order chi connectivity index (χ1) is 8.69. The van der Waals surface area contributed by atoms with E-state index in [1.807, 2.05) is 0 Å². The van der Waals surface area contributed by atoms with Crippen molar-refractivity contribution in [2.45, 2.75) is 10.2 Å². The van der Waals surface area contributed by atoms with Gasteiger partial charge >= 0.3 is 0 Å². The Labute approximate surface area is 107 Å². The standard InChI is InChI=1S/C10H9N5O2S/c1-11-8-5-7(15(16)17)6-9(14-8)18-10-12-3-2-4-13-10/h2-6H,1H3,(H,11,14). The lowest BCUT2D eigenvalue weighted by Crippen LogP contribution is -1.97. The van der Waals surface area contributed by atoms with Crippen molar-refractivity contribution in [1.29, 1.82) is 0 Å². The molecule has 18 heavy (non-hydrogen) atoms. The SMILES string of the molecule is CNc1cc([N+](=O)[O-])cc(Sc2ncccn2)n1. The molecule has 8 heteroatoms. The first-order valence-corrected chi connectivity index (χ1v) is 5.80. The Bertz CT molecular complexity index is 563. The average Bonchev–Trinajstić information content (AvgIpc) is 2.39. The third kappa shape index (κ3) is 2.92. The molecule has 0 amide bonds. The molecule has 0 bridgehead atoms. The second-order valence-electron chi connectivity index (χ2n) is 3.19. The van der Waals surface area contributed by atoms with Crippen LogP contribution in [0.5, 0.6) is 0 Å². The van der Waals surface area contributed by atoms with Gasteiger partial charge in [-0.25, -0.2) is 15.0 Å². The highest BCUT2D eigenvalue weighted by molar-refractivity contribution is 7.99. The van der Waals surface area contributed by atoms with E-state index in [2.05, 4.69) is 20.3 Å². The highest BCUT2D eigenvalue weighted by Gasteiger charge is 2.12. The van der Waals surface area contributed by atoms with E-state index < -0.39 is 4.92 Å². The molecule has 0 fully saturated rings. The lowest BCUT2D eigenvalue weighted by molar-refractivity contribution is -0.385. The highest BCUT2D eigenvalue weighted by atomic mass is 32.2. The fourth-order valence-corrected chi connectivity index (χ4v) is 1.95. The molecule has 2 aromatic rings. The van der Waals surface area contributed by atoms with Crippen molar-refractivity contribution in [2.75, 3.05) is 12.4 Å². The van der Waals surface area contributed by atoms with Crippen LogP contribution < -0.4 is 5.32 Å². The predicted octanol–water partition coefficient (Wildman–Crippen LogP) is 1.97. The van der Waals surface area contributed by atoms with E-state index in [0.29, 0.717) is 16.0 Å². The summed E-state index contributed by atoms with van der Waals surface area (Å²) in [7, 11) is 1.65. The number of nitrogens with zero attached hydrogens (tertiary/aromatic N) is 4. The molecular formula is C10H9N5O2S. The molecule has 2 aromatic heterocycles. The zero-order valence-corrected chi connectivity index (χ0v) is 10.2. The molecule has 92 valence electrons. The fraction of sp³-hybridized carbons (Fsp3) is 0.100. The summed E-state index contributed by atoms with van der Waals surface area (Å²) >= 11 is 1.17. The zero-order chi connectivity index (χ0) is 13.0. The summed E-state index contributed by atoms with van der Waals surface area (Å²) in [4.78, 5) is 22.6. The van der Waals surface area contributed by atoms with Gasteiger partial charge in [0.1, 0.15) is 10.8 Å². The van der Waals surface area contributed by atoms with Gasteiger partial charge in [0.15, 0.2) is 5.16 Å². The second kappa shape index (κ2) is 5.41. The van der Waals surface area contributed by atoms with Crippen LogP contribution in [0, 0.1) is 10.1 Å². The Kier molecular flexibility index (Phi) is 3.68. The molecule has 2 rings (SSSR count). The number of nitro groups is 1. The maximum atomic E-state index is 10.8. The summed E-state index contributed by atoms with van der Waals surface area (Å²) in [6, 6.07) is 4.46. The van der Waals surface area contributed by atoms with Crippen LogP contribution in [0.25, 0.3) is 0 Å². The Morgan fingerprint density at radius 1 is 1.33 bits per heavy atom. The minimum atomic E-state index is -0.460. The van der Waals surface area contributed by atoms with E-state index in [1.165, 1.54) is 23.9 Å². The van der Waals surface area contributed by atoms with Crippen molar-refractivity contribution >= 4 is 23.3 Å². The smallest absolute Gasteiger partial charge is 0.275 e. The molecule has 0 unspecified atom stereocenters. The zero-order valence-electron chi connectivity index (χ0n) is 9.40. The van der Waals surface area contributed by atoms with Crippen LogP contribution in [-0.2, 0) is 0 Å². The van der Waals surface area contributed by atoms with Crippen LogP contribution in [-0.4, -0.2) is 26.9 Å². The number of nitrogens with one attached hydrogen (secondary N) is 1. The van der Waals surface area contributed by atoms with Crippen molar-refractivity contribution in [2.24, 2.45) is 0 Å². The Morgan fingerprint density at radius 2 is 2.06 bits per heavy atom. The molecule has 0 saturated heterocycles. The van der Waals surface area contributed by atoms with Gasteiger partial charge < -0.3 is 5.32 Å². The van der Waals surface area contributed by atoms with Crippen molar-refractivity contribution in [3.8, 4) is 0 Å². The van der Waals surface area contributed by atoms with E-state index in [-0.39, 0.29) is 5.69 Å². The number of hydrogen-bond acceptors (Lipinski definition) is 7. The van der Waals surface area contributed by atoms with Gasteiger partial charge in [-0.3, -0.25) is 10.1 Å². The van der Waals surface area contributed by atoms with Crippen molar-refractivity contribution in [3.05, 3.63) is 40.7 Å². The minimum Gasteiger partial charge on any atom is -0.373 e. The van der Waals surface area contributed by atoms with Gasteiger partial charge in [0.2, 0.25) is 0 Å². The first kappa shape index (κ1) is 12.2. The van der Waals surface area contributed by atoms with E-state index >= 15 is 0 Å². The lowest BCUT2D eigenvalue weighted by Gasteiger charge is -2.03. The van der Waals surface area contributed by atoms with Crippen molar-refractivity contribution in [1.82, 2.24) is 15.0 Å². The maximum Gasteiger partial charge on any atom is 0.275 e. The topological polar surface area (TPSA) is 93.8 Å². The maximum absolute atomic E-state index is 10.8. The van der Waals surface area contributed by atoms with Crippen LogP contribution in [0.4, 0.5) is 11.5 Å². The molecule has 0 atom stereocenters. The van der Waals surface area contributed by atoms with Gasteiger partial charge in [-0.15, -0.1) is 0 Å². The number of aromatic nitrogens is 3. The number of anilines is 1. The van der Waals surface area contributed by atoms with E-state index in [4.69, 9.17) is 0 Å². The monoisotopic (exact) mass is 263 g/mol. The Hall–Kier alpha value is -2.22. The Balaban J connectivity index is 2.32. The molecule has 1 N–H and O–H groups in total. The molecular weight excluding hydrogens is 254 g/mol. The second-order valence-corrected chi connectivity index (χ2v) is 4.18. The molecule has 0 spiro atoms. The first-order valence-electron chi connectivity index (χ1n) is 4.98. The molecule has 0 saturated carbocycles. The molecule has 0 aliphatic heterocycles. The summed E-state index contributed by atoms with van der Waals surface area (Å²) in [6.45, 7) is 0. The normalized spacial score (nSPS) is 10.1. The molecule has 0 aliphatic rings. The number of hydrogen-bond donors (Lipinski definition) is 1. The van der Waals surface area contributed by atoms with Crippen LogP contribution in [0.15, 0.2) is 40.8 Å². The van der Waals surface area contributed by atoms with Crippen molar-refractivity contribution in [3.63, 3.8) is 0 Å². The van der Waals surface area contributed by atoms with Crippen LogP contribution in [0.3, 0.4) is 0 Å². The van der Waals surface area contributed by atoms with Gasteiger partial charge in [0.25, 0.3) is 5.69 Å². The summed E-state index contributed by atoms with van der Waals surface area (Å²) in [5.41, 5.74) is -0.0206. The minimum absolute atomic E-state index is 0.0206. The molecule has 0 radical (unpaired) electrons. The molecule has 0 aromatic carbocycles. The molecule has 7 nitrogen and oxygen atoms in total. The summed E-state index contributed by atoms with van der Waals surface area (Å²) in [5, 5.41) is 14.5. The van der Waals surface area contributed by atoms with Gasteiger partial charge in [-0.2, -0.15) is 0 Å². The quantitative estimate of drug-likeness (QED) is 0.512. The number of pyridine rings is 1. The third-order valence-electron chi connectivity index (χ3n) is 1.99. The highest BCUT2D eigenvalue weighted by Crippen LogP contribution is 2.27. The van der Waals surface area contributed by atoms with Gasteiger partial charge in [-0.1, -0.05) is 0 Å². The van der Waals surface area contributed by atoms with Gasteiger partial charge in [0.05, 0.1) is 11.0 Å². The fourth-order valence-electron chi connectivity index (χ4n) is 1.21. The Morgan fingerprint density at radius 3 is 2.67 bits per heavy atom. The third-order valence-corrected chi connectivity index (χ3v) is 2.80. The van der Waals surface area contributed by atoms with Crippen molar-refractivity contribution < 1.29 is 4.92 Å². The predicted molar refractivity (Wildman–Crippen MR) is 66.6 cm³/mol. The van der Waals surface area contributed by atoms with E-state index in [0.717, 1.165) is 0 Å².